The zero-order valence-corrected chi connectivity index (χ0v) is 19.3. The first kappa shape index (κ1) is 21.4. The lowest BCUT2D eigenvalue weighted by Crippen LogP contribution is -2.41. The fourth-order valence-corrected chi connectivity index (χ4v) is 5.35. The molecule has 1 aliphatic carbocycles. The maximum absolute atomic E-state index is 13.1. The molecule has 0 saturated heterocycles. The Labute approximate surface area is 193 Å². The highest BCUT2D eigenvalue weighted by atomic mass is 32.1. The van der Waals surface area contributed by atoms with Gasteiger partial charge in [0.1, 0.15) is 6.61 Å². The zero-order valence-electron chi connectivity index (χ0n) is 18.5. The van der Waals surface area contributed by atoms with Gasteiger partial charge in [-0.2, -0.15) is 0 Å². The molecule has 1 amide bonds. The molecule has 1 aromatic carbocycles. The zero-order chi connectivity index (χ0) is 23.1. The average Bonchev–Trinajstić information content (AvgIpc) is 3.58. The van der Waals surface area contributed by atoms with Gasteiger partial charge in [-0.3, -0.25) is 19.1 Å². The van der Waals surface area contributed by atoms with Gasteiger partial charge in [-0.05, 0) is 30.0 Å². The standard InChI is InChI=1S/C24H24N4O4S/c1-25-21(29)19-18(13-15-9-11-26-17-6-4-3-5-16(15)17)33-23-20(19)22(30)27(2)24(31)28(23)32-12-10-14-7-8-14/h3-6,9,11,14H,7-8,10,12-13H2,1-2H3,(H,25,29). The third-order valence-electron chi connectivity index (χ3n) is 6.11. The van der Waals surface area contributed by atoms with Crippen molar-refractivity contribution in [2.45, 2.75) is 25.7 Å². The summed E-state index contributed by atoms with van der Waals surface area (Å²) in [6, 6.07) is 9.71. The first-order chi connectivity index (χ1) is 16.0. The summed E-state index contributed by atoms with van der Waals surface area (Å²) in [5, 5.41) is 3.84. The second kappa shape index (κ2) is 8.47. The highest BCUT2D eigenvalue weighted by Gasteiger charge is 2.27. The number of rotatable bonds is 7. The fraction of sp³-hybridized carbons (Fsp3) is 0.333. The molecule has 3 heterocycles. The Bertz CT molecular complexity index is 1490. The van der Waals surface area contributed by atoms with E-state index in [0.29, 0.717) is 34.2 Å². The monoisotopic (exact) mass is 464 g/mol. The molecule has 0 spiro atoms. The van der Waals surface area contributed by atoms with Gasteiger partial charge in [0.15, 0.2) is 4.83 Å². The van der Waals surface area contributed by atoms with Crippen LogP contribution in [0.4, 0.5) is 0 Å². The number of amides is 1. The molecule has 0 bridgehead atoms. The number of hydrogen-bond acceptors (Lipinski definition) is 6. The molecule has 1 N–H and O–H groups in total. The number of carbonyl (C=O) groups excluding carboxylic acids is 1. The summed E-state index contributed by atoms with van der Waals surface area (Å²) in [7, 11) is 2.94. The predicted molar refractivity (Wildman–Crippen MR) is 128 cm³/mol. The van der Waals surface area contributed by atoms with Crippen molar-refractivity contribution in [2.75, 3.05) is 13.7 Å². The predicted octanol–water partition coefficient (Wildman–Crippen LogP) is 2.49. The van der Waals surface area contributed by atoms with Crippen LogP contribution in [-0.4, -0.2) is 33.8 Å². The van der Waals surface area contributed by atoms with E-state index >= 15 is 0 Å². The maximum Gasteiger partial charge on any atom is 0.365 e. The molecule has 170 valence electrons. The fourth-order valence-electron chi connectivity index (χ4n) is 4.09. The number of thiophene rings is 1. The summed E-state index contributed by atoms with van der Waals surface area (Å²) in [6.45, 7) is 0.384. The molecule has 0 aliphatic heterocycles. The van der Waals surface area contributed by atoms with Crippen molar-refractivity contribution in [3.05, 3.63) is 73.4 Å². The highest BCUT2D eigenvalue weighted by Crippen LogP contribution is 2.33. The van der Waals surface area contributed by atoms with E-state index in [1.165, 1.54) is 43.0 Å². The van der Waals surface area contributed by atoms with E-state index in [9.17, 15) is 14.4 Å². The molecule has 1 fully saturated rings. The number of aromatic nitrogens is 3. The Kier molecular flexibility index (Phi) is 5.49. The maximum atomic E-state index is 13.1. The third-order valence-corrected chi connectivity index (χ3v) is 7.27. The van der Waals surface area contributed by atoms with E-state index in [2.05, 4.69) is 10.3 Å². The van der Waals surface area contributed by atoms with Crippen LogP contribution in [0.1, 0.15) is 40.1 Å². The number of fused-ring (bicyclic) bond motifs is 2. The molecule has 0 atom stereocenters. The van der Waals surface area contributed by atoms with Crippen molar-refractivity contribution in [3.8, 4) is 0 Å². The normalized spacial score (nSPS) is 13.5. The Balaban J connectivity index is 1.69. The minimum atomic E-state index is -0.547. The van der Waals surface area contributed by atoms with Crippen LogP contribution < -0.4 is 21.4 Å². The van der Waals surface area contributed by atoms with Crippen LogP contribution in [0.5, 0.6) is 0 Å². The summed E-state index contributed by atoms with van der Waals surface area (Å²) in [6.07, 6.45) is 5.39. The van der Waals surface area contributed by atoms with Crippen molar-refractivity contribution in [2.24, 2.45) is 13.0 Å². The molecular formula is C24H24N4O4S. The number of nitrogens with zero attached hydrogens (tertiary/aromatic N) is 3. The molecule has 9 heteroatoms. The van der Waals surface area contributed by atoms with Crippen molar-refractivity contribution < 1.29 is 9.63 Å². The minimum Gasteiger partial charge on any atom is -0.408 e. The largest absolute Gasteiger partial charge is 0.408 e. The average molecular weight is 465 g/mol. The van der Waals surface area contributed by atoms with E-state index in [4.69, 9.17) is 4.84 Å². The van der Waals surface area contributed by atoms with Gasteiger partial charge < -0.3 is 10.2 Å². The number of pyridine rings is 1. The third kappa shape index (κ3) is 3.82. The molecule has 1 aliphatic rings. The molecule has 1 saturated carbocycles. The van der Waals surface area contributed by atoms with Gasteiger partial charge in [-0.15, -0.1) is 16.1 Å². The summed E-state index contributed by atoms with van der Waals surface area (Å²) in [5.41, 5.74) is 1.08. The van der Waals surface area contributed by atoms with Crippen LogP contribution in [0.15, 0.2) is 46.1 Å². The van der Waals surface area contributed by atoms with E-state index in [1.54, 1.807) is 6.20 Å². The lowest BCUT2D eigenvalue weighted by molar-refractivity contribution is 0.0963. The molecule has 8 nitrogen and oxygen atoms in total. The van der Waals surface area contributed by atoms with Gasteiger partial charge in [0.25, 0.3) is 11.5 Å². The Morgan fingerprint density at radius 2 is 2.03 bits per heavy atom. The molecule has 3 aromatic heterocycles. The summed E-state index contributed by atoms with van der Waals surface area (Å²) in [5.74, 6) is 0.277. The second-order valence-corrected chi connectivity index (χ2v) is 9.41. The Hall–Kier alpha value is -3.46. The molecule has 33 heavy (non-hydrogen) atoms. The number of carbonyl (C=O) groups is 1. The quantitative estimate of drug-likeness (QED) is 0.453. The van der Waals surface area contributed by atoms with Gasteiger partial charge in [-0.25, -0.2) is 4.79 Å². The second-order valence-electron chi connectivity index (χ2n) is 8.33. The summed E-state index contributed by atoms with van der Waals surface area (Å²) in [4.78, 5) is 50.3. The van der Waals surface area contributed by atoms with Crippen LogP contribution in [0.3, 0.4) is 0 Å². The van der Waals surface area contributed by atoms with Crippen LogP contribution >= 0.6 is 11.3 Å². The molecule has 5 rings (SSSR count). The van der Waals surface area contributed by atoms with Gasteiger partial charge in [-0.1, -0.05) is 31.0 Å². The lowest BCUT2D eigenvalue weighted by Gasteiger charge is -2.10. The summed E-state index contributed by atoms with van der Waals surface area (Å²) < 4.78 is 2.19. The van der Waals surface area contributed by atoms with E-state index in [1.807, 2.05) is 30.3 Å². The Morgan fingerprint density at radius 1 is 1.24 bits per heavy atom. The van der Waals surface area contributed by atoms with Gasteiger partial charge in [0.2, 0.25) is 0 Å². The van der Waals surface area contributed by atoms with Gasteiger partial charge in [0.05, 0.1) is 16.5 Å². The van der Waals surface area contributed by atoms with Crippen LogP contribution in [0.2, 0.25) is 0 Å². The minimum absolute atomic E-state index is 0.209. The van der Waals surface area contributed by atoms with Crippen LogP contribution in [0, 0.1) is 5.92 Å². The lowest BCUT2D eigenvalue weighted by atomic mass is 10.0. The van der Waals surface area contributed by atoms with Crippen molar-refractivity contribution >= 4 is 38.4 Å². The smallest absolute Gasteiger partial charge is 0.365 e. The molecular weight excluding hydrogens is 440 g/mol. The topological polar surface area (TPSA) is 95.2 Å². The van der Waals surface area contributed by atoms with Crippen LogP contribution in [-0.2, 0) is 13.5 Å². The highest BCUT2D eigenvalue weighted by molar-refractivity contribution is 7.19. The van der Waals surface area contributed by atoms with Gasteiger partial charge >= 0.3 is 5.69 Å². The van der Waals surface area contributed by atoms with Crippen molar-refractivity contribution in [1.29, 1.82) is 0 Å². The van der Waals surface area contributed by atoms with E-state index in [-0.39, 0.29) is 11.3 Å². The van der Waals surface area contributed by atoms with E-state index < -0.39 is 11.2 Å². The number of nitrogens with one attached hydrogen (secondary N) is 1. The van der Waals surface area contributed by atoms with Crippen molar-refractivity contribution in [1.82, 2.24) is 19.6 Å². The molecule has 0 radical (unpaired) electrons. The molecule has 0 unspecified atom stereocenters. The number of hydrogen-bond donors (Lipinski definition) is 1. The van der Waals surface area contributed by atoms with Crippen molar-refractivity contribution in [3.63, 3.8) is 0 Å². The Morgan fingerprint density at radius 3 is 2.79 bits per heavy atom. The van der Waals surface area contributed by atoms with Crippen LogP contribution in [0.25, 0.3) is 21.1 Å². The summed E-state index contributed by atoms with van der Waals surface area (Å²) >= 11 is 1.25. The molecule has 4 aromatic rings. The number of benzene rings is 1. The first-order valence-corrected chi connectivity index (χ1v) is 11.8. The SMILES string of the molecule is CNC(=O)c1c(Cc2ccnc3ccccc23)sc2c1c(=O)n(C)c(=O)n2OCCC1CC1. The van der Waals surface area contributed by atoms with E-state index in [0.717, 1.165) is 27.5 Å². The number of para-hydroxylation sites is 1. The van der Waals surface area contributed by atoms with Gasteiger partial charge in [0, 0.05) is 37.0 Å². The first-order valence-electron chi connectivity index (χ1n) is 10.9.